The van der Waals surface area contributed by atoms with Gasteiger partial charge in [0.2, 0.25) is 0 Å². The van der Waals surface area contributed by atoms with Crippen LogP contribution in [-0.4, -0.2) is 13.6 Å². The molecule has 0 aliphatic carbocycles. The average molecular weight is 178 g/mol. The van der Waals surface area contributed by atoms with Gasteiger partial charge in [0.15, 0.2) is 0 Å². The van der Waals surface area contributed by atoms with Crippen molar-refractivity contribution in [3.05, 3.63) is 10.6 Å². The zero-order valence-electron chi connectivity index (χ0n) is 5.37. The number of halogens is 1. The number of nitrogens with one attached hydrogen (secondary N) is 1. The normalized spacial score (nSPS) is 12.1. The molecule has 1 N–H and O–H groups in total. The highest BCUT2D eigenvalue weighted by molar-refractivity contribution is 9.11. The maximum atomic E-state index is 3.26. The largest absolute Gasteiger partial charge is 0.319 e. The van der Waals surface area contributed by atoms with Crippen molar-refractivity contribution in [1.29, 1.82) is 0 Å². The molecule has 0 bridgehead atoms. The molecule has 8 heavy (non-hydrogen) atoms. The molecule has 0 aromatic rings. The number of hydrogen-bond acceptors (Lipinski definition) is 1. The molecule has 0 rings (SSSR count). The first-order valence-corrected chi connectivity index (χ1v) is 3.63. The Labute approximate surface area is 59.3 Å². The lowest BCUT2D eigenvalue weighted by atomic mass is 10.2. The summed E-state index contributed by atoms with van der Waals surface area (Å²) in [5, 5.41) is 3.07. The highest BCUT2D eigenvalue weighted by Crippen LogP contribution is 2.00. The first-order valence-electron chi connectivity index (χ1n) is 2.71. The smallest absolute Gasteiger partial charge is 0.00144 e. The lowest BCUT2D eigenvalue weighted by molar-refractivity contribution is 0.786. The van der Waals surface area contributed by atoms with E-state index in [-0.39, 0.29) is 0 Å². The Morgan fingerprint density at radius 2 is 2.38 bits per heavy atom. The van der Waals surface area contributed by atoms with E-state index < -0.39 is 0 Å². The van der Waals surface area contributed by atoms with Crippen LogP contribution in [0.4, 0.5) is 0 Å². The number of hydrogen-bond donors (Lipinski definition) is 1. The van der Waals surface area contributed by atoms with E-state index in [9.17, 15) is 0 Å². The first-order chi connectivity index (χ1) is 3.81. The predicted molar refractivity (Wildman–Crippen MR) is 41.2 cm³/mol. The summed E-state index contributed by atoms with van der Waals surface area (Å²) < 4.78 is 0. The molecule has 2 heteroatoms. The third-order valence-electron chi connectivity index (χ3n) is 0.956. The quantitative estimate of drug-likeness (QED) is 0.695. The summed E-state index contributed by atoms with van der Waals surface area (Å²) in [4.78, 5) is 1.96. The SMILES string of the molecule is CNCC/C(C)=C\Br. The Hall–Kier alpha value is 0.180. The summed E-state index contributed by atoms with van der Waals surface area (Å²) in [7, 11) is 1.96. The van der Waals surface area contributed by atoms with E-state index in [2.05, 4.69) is 28.2 Å². The summed E-state index contributed by atoms with van der Waals surface area (Å²) in [6, 6.07) is 0. The van der Waals surface area contributed by atoms with Gasteiger partial charge in [-0.3, -0.25) is 0 Å². The minimum absolute atomic E-state index is 1.06. The summed E-state index contributed by atoms with van der Waals surface area (Å²) in [6.45, 7) is 3.17. The average Bonchev–Trinajstić information content (AvgIpc) is 1.83. The monoisotopic (exact) mass is 177 g/mol. The second kappa shape index (κ2) is 5.32. The van der Waals surface area contributed by atoms with Crippen molar-refractivity contribution in [3.8, 4) is 0 Å². The maximum absolute atomic E-state index is 3.26. The molecule has 0 aliphatic rings. The molecule has 0 fully saturated rings. The van der Waals surface area contributed by atoms with Gasteiger partial charge >= 0.3 is 0 Å². The zero-order valence-corrected chi connectivity index (χ0v) is 6.96. The summed E-state index contributed by atoms with van der Waals surface area (Å²) in [5.41, 5.74) is 1.37. The molecule has 0 radical (unpaired) electrons. The summed E-state index contributed by atoms with van der Waals surface area (Å²) in [5.74, 6) is 0. The van der Waals surface area contributed by atoms with Gasteiger partial charge in [-0.25, -0.2) is 0 Å². The fourth-order valence-corrected chi connectivity index (χ4v) is 0.606. The van der Waals surface area contributed by atoms with Crippen LogP contribution in [0, 0.1) is 0 Å². The Kier molecular flexibility index (Phi) is 5.44. The van der Waals surface area contributed by atoms with Crippen molar-refractivity contribution in [1.82, 2.24) is 5.32 Å². The first kappa shape index (κ1) is 8.18. The molecular formula is C6H12BrN. The van der Waals surface area contributed by atoms with Crippen LogP contribution in [-0.2, 0) is 0 Å². The van der Waals surface area contributed by atoms with Crippen molar-refractivity contribution in [2.45, 2.75) is 13.3 Å². The van der Waals surface area contributed by atoms with Gasteiger partial charge in [-0.15, -0.1) is 0 Å². The van der Waals surface area contributed by atoms with Crippen LogP contribution >= 0.6 is 15.9 Å². The molecule has 0 aromatic heterocycles. The third-order valence-corrected chi connectivity index (χ3v) is 1.74. The summed E-state index contributed by atoms with van der Waals surface area (Å²) >= 11 is 3.26. The fraction of sp³-hybridized carbons (Fsp3) is 0.667. The van der Waals surface area contributed by atoms with E-state index in [0.29, 0.717) is 0 Å². The van der Waals surface area contributed by atoms with Crippen molar-refractivity contribution < 1.29 is 0 Å². The lowest BCUT2D eigenvalue weighted by Gasteiger charge is -1.95. The molecule has 0 spiro atoms. The Balaban J connectivity index is 3.12. The minimum atomic E-state index is 1.06. The number of rotatable bonds is 3. The van der Waals surface area contributed by atoms with Crippen LogP contribution in [0.25, 0.3) is 0 Å². The van der Waals surface area contributed by atoms with Gasteiger partial charge in [0.05, 0.1) is 0 Å². The van der Waals surface area contributed by atoms with Gasteiger partial charge in [0, 0.05) is 0 Å². The molecule has 0 aliphatic heterocycles. The third kappa shape index (κ3) is 4.34. The molecule has 0 saturated heterocycles. The molecular weight excluding hydrogens is 166 g/mol. The van der Waals surface area contributed by atoms with Crippen LogP contribution in [0.5, 0.6) is 0 Å². The molecule has 1 nitrogen and oxygen atoms in total. The lowest BCUT2D eigenvalue weighted by Crippen LogP contribution is -2.07. The second-order valence-electron chi connectivity index (χ2n) is 1.81. The Morgan fingerprint density at radius 3 is 2.75 bits per heavy atom. The van der Waals surface area contributed by atoms with E-state index in [0.717, 1.165) is 13.0 Å². The van der Waals surface area contributed by atoms with Gasteiger partial charge in [-0.05, 0) is 31.9 Å². The standard InChI is InChI=1S/C6H12BrN/c1-6(5-7)3-4-8-2/h5,8H,3-4H2,1-2H3/b6-5-. The van der Waals surface area contributed by atoms with Crippen molar-refractivity contribution >= 4 is 15.9 Å². The van der Waals surface area contributed by atoms with Gasteiger partial charge < -0.3 is 5.32 Å². The second-order valence-corrected chi connectivity index (χ2v) is 2.27. The minimum Gasteiger partial charge on any atom is -0.319 e. The van der Waals surface area contributed by atoms with E-state index in [4.69, 9.17) is 0 Å². The molecule has 0 aromatic carbocycles. The van der Waals surface area contributed by atoms with E-state index in [1.54, 1.807) is 0 Å². The van der Waals surface area contributed by atoms with Crippen LogP contribution in [0.3, 0.4) is 0 Å². The molecule has 0 saturated carbocycles. The van der Waals surface area contributed by atoms with Gasteiger partial charge in [0.1, 0.15) is 0 Å². The Morgan fingerprint density at radius 1 is 1.75 bits per heavy atom. The predicted octanol–water partition coefficient (Wildman–Crippen LogP) is 1.89. The van der Waals surface area contributed by atoms with Crippen LogP contribution in [0.15, 0.2) is 10.6 Å². The molecule has 0 amide bonds. The molecule has 0 atom stereocenters. The highest BCUT2D eigenvalue weighted by atomic mass is 79.9. The summed E-state index contributed by atoms with van der Waals surface area (Å²) in [6.07, 6.45) is 1.13. The van der Waals surface area contributed by atoms with Gasteiger partial charge in [-0.1, -0.05) is 21.5 Å². The van der Waals surface area contributed by atoms with Crippen LogP contribution in [0.2, 0.25) is 0 Å². The topological polar surface area (TPSA) is 12.0 Å². The molecule has 48 valence electrons. The zero-order chi connectivity index (χ0) is 6.41. The highest BCUT2D eigenvalue weighted by Gasteiger charge is 1.83. The van der Waals surface area contributed by atoms with Crippen molar-refractivity contribution in [3.63, 3.8) is 0 Å². The maximum Gasteiger partial charge on any atom is -0.00144 e. The van der Waals surface area contributed by atoms with E-state index >= 15 is 0 Å². The molecule has 0 heterocycles. The fourth-order valence-electron chi connectivity index (χ4n) is 0.377. The van der Waals surface area contributed by atoms with E-state index in [1.165, 1.54) is 5.57 Å². The van der Waals surface area contributed by atoms with Crippen molar-refractivity contribution in [2.75, 3.05) is 13.6 Å². The molecule has 0 unspecified atom stereocenters. The Bertz CT molecular complexity index is 78.6. The van der Waals surface area contributed by atoms with E-state index in [1.807, 2.05) is 12.0 Å². The van der Waals surface area contributed by atoms with Crippen molar-refractivity contribution in [2.24, 2.45) is 0 Å². The van der Waals surface area contributed by atoms with Gasteiger partial charge in [-0.2, -0.15) is 0 Å². The van der Waals surface area contributed by atoms with Gasteiger partial charge in [0.25, 0.3) is 0 Å². The van der Waals surface area contributed by atoms with Crippen LogP contribution < -0.4 is 5.32 Å². The van der Waals surface area contributed by atoms with Crippen LogP contribution in [0.1, 0.15) is 13.3 Å².